The minimum Gasteiger partial charge on any atom is -0.466 e. The van der Waals surface area contributed by atoms with Crippen molar-refractivity contribution in [1.82, 2.24) is 9.78 Å². The third-order valence-corrected chi connectivity index (χ3v) is 7.84. The van der Waals surface area contributed by atoms with Crippen molar-refractivity contribution in [3.63, 3.8) is 0 Å². The predicted molar refractivity (Wildman–Crippen MR) is 157 cm³/mol. The molecule has 0 bridgehead atoms. The van der Waals surface area contributed by atoms with Gasteiger partial charge in [0.2, 0.25) is 0 Å². The first-order valence-corrected chi connectivity index (χ1v) is 13.4. The fourth-order valence-corrected chi connectivity index (χ4v) is 5.68. The molecule has 5 heteroatoms. The number of benzene rings is 3. The zero-order valence-corrected chi connectivity index (χ0v) is 22.2. The molecule has 2 heterocycles. The van der Waals surface area contributed by atoms with Gasteiger partial charge in [0.05, 0.1) is 22.1 Å². The predicted octanol–water partition coefficient (Wildman–Crippen LogP) is 7.17. The van der Waals surface area contributed by atoms with Crippen LogP contribution >= 0.6 is 0 Å². The molecule has 1 saturated carbocycles. The van der Waals surface area contributed by atoms with Crippen LogP contribution < -0.4 is 4.90 Å². The lowest BCUT2D eigenvalue weighted by atomic mass is 9.83. The van der Waals surface area contributed by atoms with Gasteiger partial charge < -0.3 is 9.64 Å². The number of aromatic nitrogens is 2. The number of aryl methyl sites for hydroxylation is 1. The Hall–Kier alpha value is -4.12. The molecule has 1 aliphatic carbocycles. The number of carbonyl (C=O) groups excluding carboxylic acids is 1. The van der Waals surface area contributed by atoms with Gasteiger partial charge in [-0.3, -0.25) is 4.68 Å². The molecule has 0 spiro atoms. The molecule has 39 heavy (non-hydrogen) atoms. The number of methoxy groups -OCH3 is 1. The Morgan fingerprint density at radius 1 is 1.08 bits per heavy atom. The summed E-state index contributed by atoms with van der Waals surface area (Å²) in [5.74, 6) is 0.281. The van der Waals surface area contributed by atoms with Gasteiger partial charge in [-0.1, -0.05) is 54.6 Å². The SMILES string of the molecule is [2H]C([2H])([2H])C([2H])([2H])n1cc(-c2ccc3c(c2)C[C@@H](C)N(c2ccc(C4CC4)cc2)C3c2ccc(/C=C/C(=O)OC)cc2)cn1. The maximum Gasteiger partial charge on any atom is 0.330 e. The summed E-state index contributed by atoms with van der Waals surface area (Å²) in [7, 11) is 1.36. The van der Waals surface area contributed by atoms with Crippen LogP contribution in [-0.2, 0) is 22.4 Å². The van der Waals surface area contributed by atoms with Crippen molar-refractivity contribution in [3.05, 3.63) is 113 Å². The fraction of sp³-hybridized carbons (Fsp3) is 0.294. The highest BCUT2D eigenvalue weighted by Crippen LogP contribution is 2.44. The summed E-state index contributed by atoms with van der Waals surface area (Å²) in [6.45, 7) is -3.24. The maximum atomic E-state index is 11.6. The highest BCUT2D eigenvalue weighted by Gasteiger charge is 2.34. The van der Waals surface area contributed by atoms with Gasteiger partial charge in [0.15, 0.2) is 0 Å². The summed E-state index contributed by atoms with van der Waals surface area (Å²) in [4.78, 5) is 14.1. The Kier molecular flexibility index (Phi) is 5.38. The van der Waals surface area contributed by atoms with Gasteiger partial charge in [-0.15, -0.1) is 0 Å². The molecule has 3 aromatic carbocycles. The van der Waals surface area contributed by atoms with Crippen molar-refractivity contribution in [2.45, 2.75) is 57.5 Å². The van der Waals surface area contributed by atoms with E-state index in [-0.39, 0.29) is 12.1 Å². The highest BCUT2D eigenvalue weighted by molar-refractivity contribution is 5.86. The van der Waals surface area contributed by atoms with Crippen molar-refractivity contribution in [2.24, 2.45) is 0 Å². The Labute approximate surface area is 237 Å². The molecular formula is C34H35N3O2. The van der Waals surface area contributed by atoms with Gasteiger partial charge in [0, 0.05) is 40.2 Å². The van der Waals surface area contributed by atoms with E-state index in [9.17, 15) is 4.79 Å². The molecule has 0 saturated heterocycles. The molecule has 0 radical (unpaired) electrons. The molecule has 1 aromatic heterocycles. The summed E-state index contributed by atoms with van der Waals surface area (Å²) in [6, 6.07) is 23.5. The summed E-state index contributed by atoms with van der Waals surface area (Å²) in [5, 5.41) is 4.07. The summed E-state index contributed by atoms with van der Waals surface area (Å²) >= 11 is 0. The van der Waals surface area contributed by atoms with E-state index in [0.717, 1.165) is 33.5 Å². The van der Waals surface area contributed by atoms with Crippen LogP contribution in [-0.4, -0.2) is 28.9 Å². The lowest BCUT2D eigenvalue weighted by Crippen LogP contribution is -2.42. The van der Waals surface area contributed by atoms with Crippen LogP contribution in [0.25, 0.3) is 17.2 Å². The molecule has 6 rings (SSSR count). The molecule has 5 nitrogen and oxygen atoms in total. The van der Waals surface area contributed by atoms with E-state index in [1.807, 2.05) is 18.2 Å². The van der Waals surface area contributed by atoms with Gasteiger partial charge >= 0.3 is 5.97 Å². The van der Waals surface area contributed by atoms with E-state index in [1.165, 1.54) is 55.1 Å². The number of ether oxygens (including phenoxy) is 1. The van der Waals surface area contributed by atoms with Crippen LogP contribution in [0.2, 0.25) is 0 Å². The van der Waals surface area contributed by atoms with E-state index < -0.39 is 19.3 Å². The molecule has 0 N–H and O–H groups in total. The van der Waals surface area contributed by atoms with E-state index >= 15 is 0 Å². The van der Waals surface area contributed by atoms with E-state index in [0.29, 0.717) is 11.5 Å². The standard InChI is InChI=1S/C34H35N3O2/c1-4-36-22-30(21-35-36)28-14-17-32-29(20-28)19-23(2)37(31-15-12-26(13-16-31)25-10-11-25)34(32)27-8-5-24(6-9-27)7-18-33(38)39-3/h5-9,12-18,20-23,25,34H,4,10-11,19H2,1-3H3/b18-7+/t23-,34?/m1/s1/i1D3,4D2. The third kappa shape index (κ3) is 5.14. The van der Waals surface area contributed by atoms with Crippen molar-refractivity contribution in [2.75, 3.05) is 12.0 Å². The monoisotopic (exact) mass is 522 g/mol. The average molecular weight is 523 g/mol. The number of carbonyl (C=O) groups is 1. The zero-order valence-electron chi connectivity index (χ0n) is 27.2. The van der Waals surface area contributed by atoms with Crippen LogP contribution in [0, 0.1) is 0 Å². The van der Waals surface area contributed by atoms with E-state index in [2.05, 4.69) is 65.5 Å². The summed E-state index contributed by atoms with van der Waals surface area (Å²) in [6.07, 6.45) is 9.45. The summed E-state index contributed by atoms with van der Waals surface area (Å²) < 4.78 is 44.6. The van der Waals surface area contributed by atoms with Gasteiger partial charge in [0.25, 0.3) is 0 Å². The topological polar surface area (TPSA) is 47.4 Å². The first-order valence-electron chi connectivity index (χ1n) is 15.9. The van der Waals surface area contributed by atoms with Crippen molar-refractivity contribution in [3.8, 4) is 11.1 Å². The molecular weight excluding hydrogens is 482 g/mol. The Morgan fingerprint density at radius 3 is 2.56 bits per heavy atom. The van der Waals surface area contributed by atoms with Crippen LogP contribution in [0.4, 0.5) is 5.69 Å². The van der Waals surface area contributed by atoms with Crippen LogP contribution in [0.15, 0.2) is 85.2 Å². The number of rotatable bonds is 7. The quantitative estimate of drug-likeness (QED) is 0.191. The minimum atomic E-state index is -2.85. The Morgan fingerprint density at radius 2 is 1.85 bits per heavy atom. The number of fused-ring (bicyclic) bond motifs is 1. The molecule has 0 amide bonds. The smallest absolute Gasteiger partial charge is 0.330 e. The zero-order chi connectivity index (χ0) is 31.2. The number of anilines is 1. The van der Waals surface area contributed by atoms with Crippen LogP contribution in [0.1, 0.15) is 73.2 Å². The van der Waals surface area contributed by atoms with Gasteiger partial charge in [-0.05, 0) is 90.5 Å². The molecule has 1 unspecified atom stereocenters. The van der Waals surface area contributed by atoms with Crippen molar-refractivity contribution in [1.29, 1.82) is 0 Å². The van der Waals surface area contributed by atoms with Gasteiger partial charge in [0.1, 0.15) is 0 Å². The number of hydrogen-bond acceptors (Lipinski definition) is 4. The number of hydrogen-bond donors (Lipinski definition) is 0. The molecule has 1 fully saturated rings. The van der Waals surface area contributed by atoms with Crippen LogP contribution in [0.5, 0.6) is 0 Å². The molecule has 2 aliphatic rings. The van der Waals surface area contributed by atoms with E-state index in [1.54, 1.807) is 6.08 Å². The Bertz CT molecular complexity index is 1690. The summed E-state index contributed by atoms with van der Waals surface area (Å²) in [5.41, 5.74) is 8.42. The molecule has 2 atom stereocenters. The second kappa shape index (κ2) is 10.6. The minimum absolute atomic E-state index is 0.0689. The van der Waals surface area contributed by atoms with E-state index in [4.69, 9.17) is 11.6 Å². The third-order valence-electron chi connectivity index (χ3n) is 7.84. The molecule has 198 valence electrons. The molecule has 4 aromatic rings. The molecule has 1 aliphatic heterocycles. The number of nitrogens with zero attached hydrogens (tertiary/aromatic N) is 3. The average Bonchev–Trinajstić information content (AvgIpc) is 3.73. The largest absolute Gasteiger partial charge is 0.466 e. The first kappa shape index (κ1) is 19.9. The van der Waals surface area contributed by atoms with Crippen molar-refractivity contribution >= 4 is 17.7 Å². The second-order valence-corrected chi connectivity index (χ2v) is 10.5. The normalized spacial score (nSPS) is 21.4. The maximum absolute atomic E-state index is 11.6. The van der Waals surface area contributed by atoms with Crippen LogP contribution in [0.3, 0.4) is 0 Å². The second-order valence-electron chi connectivity index (χ2n) is 10.5. The van der Waals surface area contributed by atoms with Gasteiger partial charge in [-0.2, -0.15) is 5.10 Å². The first-order chi connectivity index (χ1) is 21.0. The van der Waals surface area contributed by atoms with Crippen molar-refractivity contribution < 1.29 is 16.4 Å². The lowest BCUT2D eigenvalue weighted by Gasteiger charge is -2.44. The fourth-order valence-electron chi connectivity index (χ4n) is 5.68. The Balaban J connectivity index is 1.38. The number of esters is 1. The highest BCUT2D eigenvalue weighted by atomic mass is 16.5. The van der Waals surface area contributed by atoms with Gasteiger partial charge in [-0.25, -0.2) is 4.79 Å². The lowest BCUT2D eigenvalue weighted by molar-refractivity contribution is -0.134.